The third kappa shape index (κ3) is 3.92. The fourth-order valence-electron chi connectivity index (χ4n) is 7.60. The average molecular weight is 594 g/mol. The van der Waals surface area contributed by atoms with Gasteiger partial charge in [-0.2, -0.15) is 0 Å². The van der Waals surface area contributed by atoms with Gasteiger partial charge in [-0.1, -0.05) is 129 Å². The zero-order valence-electron chi connectivity index (χ0n) is 25.3. The SMILES string of the molecule is CC1(C)c2ccccc2-c2cccc(N(c3ccccc3-c3ccc4sc5ccccc5c4c3)c3cccc4ccccc34)c21. The van der Waals surface area contributed by atoms with Crippen LogP contribution < -0.4 is 4.90 Å². The molecule has 1 aliphatic carbocycles. The first kappa shape index (κ1) is 26.2. The van der Waals surface area contributed by atoms with Gasteiger partial charge in [0.25, 0.3) is 0 Å². The topological polar surface area (TPSA) is 3.24 Å². The summed E-state index contributed by atoms with van der Waals surface area (Å²) in [6, 6.07) is 55.9. The van der Waals surface area contributed by atoms with Crippen molar-refractivity contribution in [3.05, 3.63) is 163 Å². The van der Waals surface area contributed by atoms with Crippen molar-refractivity contribution in [1.29, 1.82) is 0 Å². The highest BCUT2D eigenvalue weighted by Gasteiger charge is 2.39. The summed E-state index contributed by atoms with van der Waals surface area (Å²) in [6.07, 6.45) is 0. The number of hydrogen-bond acceptors (Lipinski definition) is 2. The molecule has 8 aromatic rings. The number of anilines is 3. The van der Waals surface area contributed by atoms with Gasteiger partial charge < -0.3 is 4.90 Å². The molecule has 0 saturated heterocycles. The number of rotatable bonds is 4. The first-order chi connectivity index (χ1) is 22.1. The Morgan fingerprint density at radius 3 is 2.00 bits per heavy atom. The molecule has 9 rings (SSSR count). The molecule has 0 radical (unpaired) electrons. The van der Waals surface area contributed by atoms with E-state index in [1.54, 1.807) is 0 Å². The molecule has 1 heterocycles. The van der Waals surface area contributed by atoms with E-state index in [1.165, 1.54) is 81.4 Å². The Morgan fingerprint density at radius 1 is 0.467 bits per heavy atom. The van der Waals surface area contributed by atoms with Crippen molar-refractivity contribution in [2.75, 3.05) is 4.90 Å². The first-order valence-electron chi connectivity index (χ1n) is 15.6. The van der Waals surface area contributed by atoms with Gasteiger partial charge in [0.2, 0.25) is 0 Å². The van der Waals surface area contributed by atoms with Crippen molar-refractivity contribution >= 4 is 59.3 Å². The summed E-state index contributed by atoms with van der Waals surface area (Å²) < 4.78 is 2.65. The zero-order valence-corrected chi connectivity index (χ0v) is 26.1. The standard InChI is InChI=1S/C43H31NS/c1-43(2)36-20-8-5-17-32(36)34-19-12-23-39(42(34)43)44(38-22-11-14-28-13-3-4-15-30(28)38)37-21-9-6-16-31(37)29-25-26-41-35(27-29)33-18-7-10-24-40(33)45-41/h3-27H,1-2H3. The average Bonchev–Trinajstić information content (AvgIpc) is 3.57. The molecule has 0 saturated carbocycles. The number of para-hydroxylation sites is 1. The minimum Gasteiger partial charge on any atom is -0.309 e. The smallest absolute Gasteiger partial charge is 0.0540 e. The number of thiophene rings is 1. The van der Waals surface area contributed by atoms with Crippen molar-refractivity contribution in [3.63, 3.8) is 0 Å². The molecule has 0 amide bonds. The van der Waals surface area contributed by atoms with E-state index in [4.69, 9.17) is 0 Å². The van der Waals surface area contributed by atoms with Crippen molar-refractivity contribution in [3.8, 4) is 22.3 Å². The van der Waals surface area contributed by atoms with Gasteiger partial charge in [0.05, 0.1) is 17.1 Å². The third-order valence-corrected chi connectivity index (χ3v) is 10.8. The van der Waals surface area contributed by atoms with Gasteiger partial charge in [-0.15, -0.1) is 11.3 Å². The summed E-state index contributed by atoms with van der Waals surface area (Å²) in [5.74, 6) is 0. The van der Waals surface area contributed by atoms with Gasteiger partial charge in [-0.25, -0.2) is 0 Å². The van der Waals surface area contributed by atoms with E-state index in [2.05, 4.69) is 170 Å². The van der Waals surface area contributed by atoms with Crippen LogP contribution in [0.3, 0.4) is 0 Å². The lowest BCUT2D eigenvalue weighted by molar-refractivity contribution is 0.661. The van der Waals surface area contributed by atoms with Crippen LogP contribution in [-0.4, -0.2) is 0 Å². The van der Waals surface area contributed by atoms with Crippen molar-refractivity contribution in [2.24, 2.45) is 0 Å². The molecule has 0 spiro atoms. The molecule has 2 heteroatoms. The van der Waals surface area contributed by atoms with Crippen LogP contribution in [0.1, 0.15) is 25.0 Å². The van der Waals surface area contributed by atoms with E-state index in [-0.39, 0.29) is 5.41 Å². The second kappa shape index (κ2) is 9.92. The highest BCUT2D eigenvalue weighted by molar-refractivity contribution is 7.25. The Balaban J connectivity index is 1.35. The van der Waals surface area contributed by atoms with E-state index >= 15 is 0 Å². The number of hydrogen-bond donors (Lipinski definition) is 0. The van der Waals surface area contributed by atoms with Gasteiger partial charge in [0.15, 0.2) is 0 Å². The van der Waals surface area contributed by atoms with Crippen molar-refractivity contribution in [1.82, 2.24) is 0 Å². The van der Waals surface area contributed by atoms with E-state index in [0.29, 0.717) is 0 Å². The molecule has 0 atom stereocenters. The molecule has 1 nitrogen and oxygen atoms in total. The molecule has 0 fully saturated rings. The summed E-state index contributed by atoms with van der Waals surface area (Å²) in [5.41, 5.74) is 11.3. The molecule has 0 N–H and O–H groups in total. The predicted octanol–water partition coefficient (Wildman–Crippen LogP) is 12.7. The highest BCUT2D eigenvalue weighted by atomic mass is 32.1. The maximum absolute atomic E-state index is 2.53. The maximum atomic E-state index is 2.53. The van der Waals surface area contributed by atoms with E-state index in [0.717, 1.165) is 0 Å². The second-order valence-corrected chi connectivity index (χ2v) is 13.6. The van der Waals surface area contributed by atoms with Crippen LogP contribution >= 0.6 is 11.3 Å². The zero-order chi connectivity index (χ0) is 30.1. The van der Waals surface area contributed by atoms with Gasteiger partial charge in [-0.3, -0.25) is 0 Å². The van der Waals surface area contributed by atoms with E-state index < -0.39 is 0 Å². The first-order valence-corrected chi connectivity index (χ1v) is 16.4. The maximum Gasteiger partial charge on any atom is 0.0540 e. The largest absolute Gasteiger partial charge is 0.309 e. The van der Waals surface area contributed by atoms with Crippen LogP contribution in [0, 0.1) is 0 Å². The Labute approximate surface area is 267 Å². The Kier molecular flexibility index (Phi) is 5.78. The molecule has 214 valence electrons. The highest BCUT2D eigenvalue weighted by Crippen LogP contribution is 2.55. The number of fused-ring (bicyclic) bond motifs is 7. The molecule has 0 aliphatic heterocycles. The Hall–Kier alpha value is -5.18. The van der Waals surface area contributed by atoms with Crippen LogP contribution in [-0.2, 0) is 5.41 Å². The van der Waals surface area contributed by atoms with Crippen LogP contribution in [0.5, 0.6) is 0 Å². The van der Waals surface area contributed by atoms with Crippen LogP contribution in [0.25, 0.3) is 53.2 Å². The van der Waals surface area contributed by atoms with Gasteiger partial charge in [0, 0.05) is 36.5 Å². The Morgan fingerprint density at radius 2 is 1.09 bits per heavy atom. The Bertz CT molecular complexity index is 2420. The lowest BCUT2D eigenvalue weighted by atomic mass is 9.81. The van der Waals surface area contributed by atoms with Crippen molar-refractivity contribution < 1.29 is 0 Å². The van der Waals surface area contributed by atoms with E-state index in [1.807, 2.05) is 11.3 Å². The summed E-state index contributed by atoms with van der Waals surface area (Å²) in [4.78, 5) is 2.53. The summed E-state index contributed by atoms with van der Waals surface area (Å²) in [6.45, 7) is 4.76. The molecule has 1 aliphatic rings. The lowest BCUT2D eigenvalue weighted by Crippen LogP contribution is -2.21. The van der Waals surface area contributed by atoms with Gasteiger partial charge >= 0.3 is 0 Å². The molecule has 0 bridgehead atoms. The summed E-state index contributed by atoms with van der Waals surface area (Å²) in [7, 11) is 0. The van der Waals surface area contributed by atoms with E-state index in [9.17, 15) is 0 Å². The third-order valence-electron chi connectivity index (χ3n) is 9.64. The fourth-order valence-corrected chi connectivity index (χ4v) is 8.69. The molecular weight excluding hydrogens is 563 g/mol. The molecule has 45 heavy (non-hydrogen) atoms. The molecule has 7 aromatic carbocycles. The van der Waals surface area contributed by atoms with Crippen LogP contribution in [0.2, 0.25) is 0 Å². The molecule has 0 unspecified atom stereocenters. The summed E-state index contributed by atoms with van der Waals surface area (Å²) in [5, 5.41) is 5.11. The quantitative estimate of drug-likeness (QED) is 0.196. The molecular formula is C43H31NS. The van der Waals surface area contributed by atoms with Crippen LogP contribution in [0.4, 0.5) is 17.1 Å². The minimum atomic E-state index is -0.158. The number of nitrogens with zero attached hydrogens (tertiary/aromatic N) is 1. The predicted molar refractivity (Wildman–Crippen MR) is 195 cm³/mol. The normalized spacial score (nSPS) is 13.3. The van der Waals surface area contributed by atoms with Gasteiger partial charge in [0.1, 0.15) is 0 Å². The second-order valence-electron chi connectivity index (χ2n) is 12.5. The van der Waals surface area contributed by atoms with Crippen LogP contribution in [0.15, 0.2) is 152 Å². The minimum absolute atomic E-state index is 0.158. The number of benzene rings is 7. The van der Waals surface area contributed by atoms with Crippen molar-refractivity contribution in [2.45, 2.75) is 19.3 Å². The van der Waals surface area contributed by atoms with Gasteiger partial charge in [-0.05, 0) is 69.6 Å². The fraction of sp³-hybridized carbons (Fsp3) is 0.0698. The monoisotopic (exact) mass is 593 g/mol. The lowest BCUT2D eigenvalue weighted by Gasteiger charge is -2.34. The molecule has 1 aromatic heterocycles. The summed E-state index contributed by atoms with van der Waals surface area (Å²) >= 11 is 1.87.